The third-order valence-electron chi connectivity index (χ3n) is 2.56. The van der Waals surface area contributed by atoms with Gasteiger partial charge in [-0.05, 0) is 30.3 Å². The SMILES string of the molecule is O=C(CC1CCSCC1)NCC(O)CO. The quantitative estimate of drug-likeness (QED) is 0.624. The Hall–Kier alpha value is -0.260. The summed E-state index contributed by atoms with van der Waals surface area (Å²) in [7, 11) is 0. The second-order valence-corrected chi connectivity index (χ2v) is 5.13. The molecule has 5 heteroatoms. The monoisotopic (exact) mass is 233 g/mol. The Bertz CT molecular complexity index is 195. The van der Waals surface area contributed by atoms with Gasteiger partial charge in [0.15, 0.2) is 0 Å². The van der Waals surface area contributed by atoms with Gasteiger partial charge in [0, 0.05) is 13.0 Å². The normalized spacial score (nSPS) is 19.9. The van der Waals surface area contributed by atoms with E-state index in [0.29, 0.717) is 12.3 Å². The lowest BCUT2D eigenvalue weighted by molar-refractivity contribution is -0.122. The first-order valence-electron chi connectivity index (χ1n) is 5.35. The molecule has 1 unspecified atom stereocenters. The van der Waals surface area contributed by atoms with E-state index in [0.717, 1.165) is 24.3 Å². The number of aliphatic hydroxyl groups is 2. The third-order valence-corrected chi connectivity index (χ3v) is 3.61. The Labute approximate surface area is 94.4 Å². The summed E-state index contributed by atoms with van der Waals surface area (Å²) in [5.41, 5.74) is 0. The Balaban J connectivity index is 2.11. The van der Waals surface area contributed by atoms with Gasteiger partial charge < -0.3 is 15.5 Å². The molecule has 88 valence electrons. The molecule has 0 aromatic rings. The van der Waals surface area contributed by atoms with Crippen molar-refractivity contribution in [2.45, 2.75) is 25.4 Å². The number of hydrogen-bond donors (Lipinski definition) is 3. The molecule has 1 aliphatic heterocycles. The number of nitrogens with one attached hydrogen (secondary N) is 1. The first-order chi connectivity index (χ1) is 7.22. The molecule has 1 rings (SSSR count). The van der Waals surface area contributed by atoms with Crippen molar-refractivity contribution in [3.05, 3.63) is 0 Å². The van der Waals surface area contributed by atoms with Gasteiger partial charge in [-0.1, -0.05) is 0 Å². The number of carbonyl (C=O) groups excluding carboxylic acids is 1. The van der Waals surface area contributed by atoms with Crippen LogP contribution in [0.2, 0.25) is 0 Å². The third kappa shape index (κ3) is 5.39. The fraction of sp³-hybridized carbons (Fsp3) is 0.900. The van der Waals surface area contributed by atoms with Crippen molar-refractivity contribution in [1.82, 2.24) is 5.32 Å². The molecule has 1 heterocycles. The summed E-state index contributed by atoms with van der Waals surface area (Å²) in [6, 6.07) is 0. The van der Waals surface area contributed by atoms with Crippen molar-refractivity contribution in [3.63, 3.8) is 0 Å². The number of aliphatic hydroxyl groups excluding tert-OH is 2. The fourth-order valence-corrected chi connectivity index (χ4v) is 2.79. The van der Waals surface area contributed by atoms with Crippen LogP contribution < -0.4 is 5.32 Å². The first kappa shape index (κ1) is 12.8. The summed E-state index contributed by atoms with van der Waals surface area (Å²) in [5, 5.41) is 20.2. The van der Waals surface area contributed by atoms with E-state index in [4.69, 9.17) is 10.2 Å². The zero-order valence-electron chi connectivity index (χ0n) is 8.82. The topological polar surface area (TPSA) is 69.6 Å². The van der Waals surface area contributed by atoms with Crippen molar-refractivity contribution in [1.29, 1.82) is 0 Å². The molecule has 0 bridgehead atoms. The van der Waals surface area contributed by atoms with Gasteiger partial charge in [-0.15, -0.1) is 0 Å². The van der Waals surface area contributed by atoms with Crippen molar-refractivity contribution >= 4 is 17.7 Å². The predicted octanol–water partition coefficient (Wildman–Crippen LogP) is -0.0109. The summed E-state index contributed by atoms with van der Waals surface area (Å²) < 4.78 is 0. The zero-order chi connectivity index (χ0) is 11.1. The first-order valence-corrected chi connectivity index (χ1v) is 6.51. The van der Waals surface area contributed by atoms with E-state index in [-0.39, 0.29) is 19.1 Å². The van der Waals surface area contributed by atoms with Crippen LogP contribution in [0.1, 0.15) is 19.3 Å². The molecule has 0 saturated carbocycles. The van der Waals surface area contributed by atoms with Crippen LogP contribution in [-0.4, -0.2) is 46.9 Å². The molecule has 0 spiro atoms. The van der Waals surface area contributed by atoms with Crippen LogP contribution in [0.25, 0.3) is 0 Å². The molecule has 1 saturated heterocycles. The summed E-state index contributed by atoms with van der Waals surface area (Å²) in [6.45, 7) is -0.156. The van der Waals surface area contributed by atoms with Gasteiger partial charge in [-0.3, -0.25) is 4.79 Å². The van der Waals surface area contributed by atoms with Gasteiger partial charge in [0.05, 0.1) is 12.7 Å². The van der Waals surface area contributed by atoms with E-state index < -0.39 is 6.10 Å². The van der Waals surface area contributed by atoms with Gasteiger partial charge in [0.1, 0.15) is 0 Å². The second kappa shape index (κ2) is 7.09. The molecule has 0 aliphatic carbocycles. The average molecular weight is 233 g/mol. The van der Waals surface area contributed by atoms with Crippen molar-refractivity contribution < 1.29 is 15.0 Å². The highest BCUT2D eigenvalue weighted by Crippen LogP contribution is 2.24. The van der Waals surface area contributed by atoms with Gasteiger partial charge in [-0.25, -0.2) is 0 Å². The zero-order valence-corrected chi connectivity index (χ0v) is 9.63. The average Bonchev–Trinajstić information content (AvgIpc) is 2.27. The van der Waals surface area contributed by atoms with Gasteiger partial charge in [0.25, 0.3) is 0 Å². The highest BCUT2D eigenvalue weighted by Gasteiger charge is 2.17. The smallest absolute Gasteiger partial charge is 0.220 e. The lowest BCUT2D eigenvalue weighted by atomic mass is 9.98. The standard InChI is InChI=1S/C10H19NO3S/c12-7-9(13)6-11-10(14)5-8-1-3-15-4-2-8/h8-9,12-13H,1-7H2,(H,11,14). The Morgan fingerprint density at radius 1 is 1.47 bits per heavy atom. The molecule has 1 aliphatic rings. The summed E-state index contributed by atoms with van der Waals surface area (Å²) in [6.07, 6.45) is 1.94. The van der Waals surface area contributed by atoms with Crippen LogP contribution in [0.15, 0.2) is 0 Å². The van der Waals surface area contributed by atoms with E-state index in [1.165, 1.54) is 0 Å². The van der Waals surface area contributed by atoms with Crippen molar-refractivity contribution in [2.75, 3.05) is 24.7 Å². The summed E-state index contributed by atoms with van der Waals surface area (Å²) in [5.74, 6) is 2.78. The minimum Gasteiger partial charge on any atom is -0.394 e. The highest BCUT2D eigenvalue weighted by molar-refractivity contribution is 7.99. The van der Waals surface area contributed by atoms with Crippen LogP contribution >= 0.6 is 11.8 Å². The van der Waals surface area contributed by atoms with E-state index in [1.807, 2.05) is 11.8 Å². The van der Waals surface area contributed by atoms with Gasteiger partial charge in [-0.2, -0.15) is 11.8 Å². The fourth-order valence-electron chi connectivity index (χ4n) is 1.58. The predicted molar refractivity (Wildman–Crippen MR) is 60.8 cm³/mol. The number of amides is 1. The van der Waals surface area contributed by atoms with Crippen molar-refractivity contribution in [2.24, 2.45) is 5.92 Å². The number of carbonyl (C=O) groups is 1. The Morgan fingerprint density at radius 3 is 2.73 bits per heavy atom. The van der Waals surface area contributed by atoms with Crippen LogP contribution in [0.3, 0.4) is 0 Å². The molecule has 0 radical (unpaired) electrons. The largest absolute Gasteiger partial charge is 0.394 e. The van der Waals surface area contributed by atoms with Crippen LogP contribution in [0, 0.1) is 5.92 Å². The molecule has 15 heavy (non-hydrogen) atoms. The number of hydrogen-bond acceptors (Lipinski definition) is 4. The van der Waals surface area contributed by atoms with Crippen LogP contribution in [0.4, 0.5) is 0 Å². The van der Waals surface area contributed by atoms with Crippen LogP contribution in [-0.2, 0) is 4.79 Å². The summed E-state index contributed by atoms with van der Waals surface area (Å²) in [4.78, 5) is 11.4. The molecule has 1 fully saturated rings. The highest BCUT2D eigenvalue weighted by atomic mass is 32.2. The molecule has 1 amide bonds. The minimum atomic E-state index is -0.837. The minimum absolute atomic E-state index is 0.0144. The Kier molecular flexibility index (Phi) is 6.05. The van der Waals surface area contributed by atoms with E-state index >= 15 is 0 Å². The molecule has 0 aromatic carbocycles. The second-order valence-electron chi connectivity index (χ2n) is 3.90. The Morgan fingerprint density at radius 2 is 2.13 bits per heavy atom. The number of thioether (sulfide) groups is 1. The summed E-state index contributed by atoms with van der Waals surface area (Å²) >= 11 is 1.94. The lowest BCUT2D eigenvalue weighted by Crippen LogP contribution is -2.35. The maximum absolute atomic E-state index is 11.4. The number of rotatable bonds is 5. The van der Waals surface area contributed by atoms with E-state index in [2.05, 4.69) is 5.32 Å². The maximum Gasteiger partial charge on any atom is 0.220 e. The molecule has 3 N–H and O–H groups in total. The van der Waals surface area contributed by atoms with E-state index in [1.54, 1.807) is 0 Å². The van der Waals surface area contributed by atoms with Gasteiger partial charge >= 0.3 is 0 Å². The maximum atomic E-state index is 11.4. The molecule has 1 atom stereocenters. The van der Waals surface area contributed by atoms with Crippen LogP contribution in [0.5, 0.6) is 0 Å². The molecule has 0 aromatic heterocycles. The molecule has 4 nitrogen and oxygen atoms in total. The van der Waals surface area contributed by atoms with Gasteiger partial charge in [0.2, 0.25) is 5.91 Å². The molecular weight excluding hydrogens is 214 g/mol. The lowest BCUT2D eigenvalue weighted by Gasteiger charge is -2.20. The van der Waals surface area contributed by atoms with Crippen molar-refractivity contribution in [3.8, 4) is 0 Å². The van der Waals surface area contributed by atoms with E-state index in [9.17, 15) is 4.79 Å². The molecular formula is C10H19NO3S.